The first-order valence-corrected chi connectivity index (χ1v) is 8.33. The highest BCUT2D eigenvalue weighted by atomic mass is 16.5. The molecule has 0 radical (unpaired) electrons. The Bertz CT molecular complexity index is 930. The summed E-state index contributed by atoms with van der Waals surface area (Å²) in [6.07, 6.45) is 1.63. The first-order valence-electron chi connectivity index (χ1n) is 8.33. The molecular weight excluding hydrogens is 320 g/mol. The molecule has 1 fully saturated rings. The number of rotatable bonds is 2. The van der Waals surface area contributed by atoms with Gasteiger partial charge in [-0.1, -0.05) is 0 Å². The van der Waals surface area contributed by atoms with Crippen molar-refractivity contribution >= 4 is 16.9 Å². The summed E-state index contributed by atoms with van der Waals surface area (Å²) in [7, 11) is 1.83. The molecule has 1 amide bonds. The van der Waals surface area contributed by atoms with E-state index in [2.05, 4.69) is 10.1 Å². The van der Waals surface area contributed by atoms with Gasteiger partial charge in [0.2, 0.25) is 0 Å². The average Bonchev–Trinajstić information content (AvgIpc) is 3.23. The van der Waals surface area contributed by atoms with E-state index in [1.54, 1.807) is 23.1 Å². The lowest BCUT2D eigenvalue weighted by Gasteiger charge is -2.31. The summed E-state index contributed by atoms with van der Waals surface area (Å²) in [6, 6.07) is 5.45. The molecule has 0 aromatic carbocycles. The molecule has 1 atom stereocenters. The molecular formula is C18H20N4O3. The summed E-state index contributed by atoms with van der Waals surface area (Å²) in [6.45, 7) is 5.60. The minimum atomic E-state index is -0.0218. The molecule has 1 aliphatic heterocycles. The van der Waals surface area contributed by atoms with Crippen LogP contribution in [-0.2, 0) is 11.8 Å². The minimum Gasteiger partial charge on any atom is -0.463 e. The van der Waals surface area contributed by atoms with Crippen LogP contribution in [0.3, 0.4) is 0 Å². The molecule has 25 heavy (non-hydrogen) atoms. The third kappa shape index (κ3) is 2.70. The maximum absolute atomic E-state index is 13.2. The molecule has 0 saturated carbocycles. The largest absolute Gasteiger partial charge is 0.463 e. The van der Waals surface area contributed by atoms with Crippen LogP contribution in [0.25, 0.3) is 22.5 Å². The van der Waals surface area contributed by atoms with Crippen LogP contribution in [-0.4, -0.2) is 51.4 Å². The van der Waals surface area contributed by atoms with Crippen molar-refractivity contribution in [3.05, 3.63) is 35.7 Å². The quantitative estimate of drug-likeness (QED) is 0.716. The third-order valence-corrected chi connectivity index (χ3v) is 4.50. The van der Waals surface area contributed by atoms with Gasteiger partial charge in [-0.3, -0.25) is 9.48 Å². The number of aryl methyl sites for hydroxylation is 2. The van der Waals surface area contributed by atoms with E-state index in [-0.39, 0.29) is 12.0 Å². The Hall–Kier alpha value is -2.67. The Morgan fingerprint density at radius 3 is 2.96 bits per heavy atom. The predicted molar refractivity (Wildman–Crippen MR) is 92.3 cm³/mol. The number of pyridine rings is 1. The number of fused-ring (bicyclic) bond motifs is 1. The van der Waals surface area contributed by atoms with Gasteiger partial charge in [0.1, 0.15) is 5.69 Å². The predicted octanol–water partition coefficient (Wildman–Crippen LogP) is 2.40. The SMILES string of the molecule is Cc1nn(C)c2nc(-c3ccco3)cc(C(=O)N3CCOC(C)C3)c12. The molecule has 3 aromatic rings. The molecule has 1 saturated heterocycles. The zero-order valence-corrected chi connectivity index (χ0v) is 14.5. The van der Waals surface area contributed by atoms with Crippen LogP contribution < -0.4 is 0 Å². The van der Waals surface area contributed by atoms with Crippen molar-refractivity contribution in [2.45, 2.75) is 20.0 Å². The minimum absolute atomic E-state index is 0.0218. The van der Waals surface area contributed by atoms with E-state index in [4.69, 9.17) is 9.15 Å². The van der Waals surface area contributed by atoms with Gasteiger partial charge in [0.05, 0.1) is 35.6 Å². The van der Waals surface area contributed by atoms with E-state index in [0.717, 1.165) is 11.1 Å². The number of hydrogen-bond acceptors (Lipinski definition) is 5. The van der Waals surface area contributed by atoms with Gasteiger partial charge in [0.25, 0.3) is 5.91 Å². The molecule has 0 spiro atoms. The number of nitrogens with zero attached hydrogens (tertiary/aromatic N) is 4. The molecule has 1 aliphatic rings. The molecule has 3 aromatic heterocycles. The van der Waals surface area contributed by atoms with Gasteiger partial charge >= 0.3 is 0 Å². The van der Waals surface area contributed by atoms with E-state index in [1.165, 1.54) is 0 Å². The number of hydrogen-bond donors (Lipinski definition) is 0. The number of ether oxygens (including phenoxy) is 1. The van der Waals surface area contributed by atoms with Crippen molar-refractivity contribution in [3.63, 3.8) is 0 Å². The lowest BCUT2D eigenvalue weighted by molar-refractivity contribution is -0.0123. The van der Waals surface area contributed by atoms with Crippen LogP contribution in [0.15, 0.2) is 28.9 Å². The second-order valence-electron chi connectivity index (χ2n) is 6.37. The molecule has 0 N–H and O–H groups in total. The molecule has 0 bridgehead atoms. The fourth-order valence-corrected chi connectivity index (χ4v) is 3.34. The van der Waals surface area contributed by atoms with Gasteiger partial charge in [-0.2, -0.15) is 5.10 Å². The zero-order chi connectivity index (χ0) is 17.6. The smallest absolute Gasteiger partial charge is 0.254 e. The highest BCUT2D eigenvalue weighted by Gasteiger charge is 2.27. The number of furan rings is 1. The van der Waals surface area contributed by atoms with Crippen molar-refractivity contribution in [1.82, 2.24) is 19.7 Å². The number of morpholine rings is 1. The maximum Gasteiger partial charge on any atom is 0.254 e. The number of carbonyl (C=O) groups excluding carboxylic acids is 1. The summed E-state index contributed by atoms with van der Waals surface area (Å²) in [5.74, 6) is 0.608. The van der Waals surface area contributed by atoms with Crippen LogP contribution in [0.2, 0.25) is 0 Å². The Kier molecular flexibility index (Phi) is 3.80. The van der Waals surface area contributed by atoms with E-state index >= 15 is 0 Å². The normalized spacial score (nSPS) is 18.0. The van der Waals surface area contributed by atoms with E-state index < -0.39 is 0 Å². The second-order valence-corrected chi connectivity index (χ2v) is 6.37. The molecule has 1 unspecified atom stereocenters. The lowest BCUT2D eigenvalue weighted by Crippen LogP contribution is -2.44. The number of amides is 1. The highest BCUT2D eigenvalue weighted by Crippen LogP contribution is 2.28. The van der Waals surface area contributed by atoms with Crippen molar-refractivity contribution in [2.75, 3.05) is 19.7 Å². The number of carbonyl (C=O) groups is 1. The van der Waals surface area contributed by atoms with Crippen LogP contribution in [0.4, 0.5) is 0 Å². The van der Waals surface area contributed by atoms with Crippen molar-refractivity contribution in [2.24, 2.45) is 7.05 Å². The first kappa shape index (κ1) is 15.8. The molecule has 4 rings (SSSR count). The average molecular weight is 340 g/mol. The summed E-state index contributed by atoms with van der Waals surface area (Å²) in [5, 5.41) is 5.24. The van der Waals surface area contributed by atoms with Gasteiger partial charge < -0.3 is 14.1 Å². The summed E-state index contributed by atoms with van der Waals surface area (Å²) < 4.78 is 12.7. The number of aromatic nitrogens is 3. The van der Waals surface area contributed by atoms with Crippen LogP contribution >= 0.6 is 0 Å². The topological polar surface area (TPSA) is 73.4 Å². The summed E-state index contributed by atoms with van der Waals surface area (Å²) >= 11 is 0. The highest BCUT2D eigenvalue weighted by molar-refractivity contribution is 6.07. The van der Waals surface area contributed by atoms with Gasteiger partial charge in [-0.05, 0) is 32.0 Å². The van der Waals surface area contributed by atoms with Crippen LogP contribution in [0.5, 0.6) is 0 Å². The monoisotopic (exact) mass is 340 g/mol. The molecule has 7 nitrogen and oxygen atoms in total. The summed E-state index contributed by atoms with van der Waals surface area (Å²) in [5.41, 5.74) is 2.71. The molecule has 7 heteroatoms. The molecule has 4 heterocycles. The Balaban J connectivity index is 1.87. The second kappa shape index (κ2) is 6.00. The van der Waals surface area contributed by atoms with Gasteiger partial charge in [-0.15, -0.1) is 0 Å². The Morgan fingerprint density at radius 2 is 2.24 bits per heavy atom. The zero-order valence-electron chi connectivity index (χ0n) is 14.5. The maximum atomic E-state index is 13.2. The van der Waals surface area contributed by atoms with Crippen LogP contribution in [0, 0.1) is 6.92 Å². The first-order chi connectivity index (χ1) is 12.0. The molecule has 0 aliphatic carbocycles. The standard InChI is InChI=1S/C18H20N4O3/c1-11-10-22(6-8-24-11)18(23)13-9-14(15-5-4-7-25-15)19-17-16(13)12(2)20-21(17)3/h4-5,7,9,11H,6,8,10H2,1-3H3. The van der Waals surface area contributed by atoms with E-state index in [9.17, 15) is 4.79 Å². The fourth-order valence-electron chi connectivity index (χ4n) is 3.34. The van der Waals surface area contributed by atoms with Gasteiger partial charge in [-0.25, -0.2) is 4.98 Å². The van der Waals surface area contributed by atoms with Crippen molar-refractivity contribution in [1.29, 1.82) is 0 Å². The van der Waals surface area contributed by atoms with Crippen molar-refractivity contribution < 1.29 is 13.9 Å². The fraction of sp³-hybridized carbons (Fsp3) is 0.389. The Morgan fingerprint density at radius 1 is 1.40 bits per heavy atom. The third-order valence-electron chi connectivity index (χ3n) is 4.50. The Labute approximate surface area is 145 Å². The summed E-state index contributed by atoms with van der Waals surface area (Å²) in [4.78, 5) is 19.7. The molecule has 130 valence electrons. The van der Waals surface area contributed by atoms with Gasteiger partial charge in [0.15, 0.2) is 11.4 Å². The van der Waals surface area contributed by atoms with E-state index in [1.807, 2.05) is 31.9 Å². The lowest BCUT2D eigenvalue weighted by atomic mass is 10.1. The van der Waals surface area contributed by atoms with Crippen LogP contribution in [0.1, 0.15) is 23.0 Å². The van der Waals surface area contributed by atoms with E-state index in [0.29, 0.717) is 42.4 Å². The van der Waals surface area contributed by atoms with Crippen molar-refractivity contribution in [3.8, 4) is 11.5 Å². The van der Waals surface area contributed by atoms with Gasteiger partial charge in [0, 0.05) is 20.1 Å².